The number of carbonyl (C=O) groups excluding carboxylic acids is 1. The van der Waals surface area contributed by atoms with Crippen LogP contribution in [0.1, 0.15) is 6.92 Å². The molecule has 2 aromatic carbocycles. The number of rotatable bonds is 7. The Hall–Kier alpha value is -2.93. The number of anilines is 1. The van der Waals surface area contributed by atoms with Crippen LogP contribution < -0.4 is 19.5 Å². The van der Waals surface area contributed by atoms with Gasteiger partial charge in [0.1, 0.15) is 17.5 Å². The highest BCUT2D eigenvalue weighted by Crippen LogP contribution is 2.34. The highest BCUT2D eigenvalue weighted by Gasteiger charge is 2.22. The van der Waals surface area contributed by atoms with Crippen LogP contribution in [-0.2, 0) is 9.53 Å². The third kappa shape index (κ3) is 4.86. The smallest absolute Gasteiger partial charge is 0.244 e. The minimum atomic E-state index is -0.361. The van der Waals surface area contributed by atoms with E-state index in [0.717, 1.165) is 11.4 Å². The highest BCUT2D eigenvalue weighted by molar-refractivity contribution is 5.84. The summed E-state index contributed by atoms with van der Waals surface area (Å²) in [6, 6.07) is 12.4. The largest absolute Gasteiger partial charge is 0.497 e. The number of ether oxygens (including phenoxy) is 4. The second kappa shape index (κ2) is 9.32. The molecule has 1 fully saturated rings. The van der Waals surface area contributed by atoms with E-state index in [0.29, 0.717) is 43.6 Å². The van der Waals surface area contributed by atoms with Gasteiger partial charge >= 0.3 is 0 Å². The van der Waals surface area contributed by atoms with Gasteiger partial charge in [-0.25, -0.2) is 0 Å². The van der Waals surface area contributed by atoms with Gasteiger partial charge in [-0.05, 0) is 43.3 Å². The molecule has 1 saturated heterocycles. The molecule has 1 unspecified atom stereocenters. The predicted molar refractivity (Wildman–Crippen MR) is 107 cm³/mol. The summed E-state index contributed by atoms with van der Waals surface area (Å²) in [7, 11) is 3.21. The van der Waals surface area contributed by atoms with Gasteiger partial charge in [-0.2, -0.15) is 0 Å². The molecule has 1 atom stereocenters. The van der Waals surface area contributed by atoms with Crippen LogP contribution in [0.2, 0.25) is 0 Å². The van der Waals surface area contributed by atoms with Crippen molar-refractivity contribution in [3.05, 3.63) is 42.5 Å². The molecule has 0 aliphatic carbocycles. The fourth-order valence-electron chi connectivity index (χ4n) is 2.99. The number of hydrogen-bond donors (Lipinski definition) is 1. The molecule has 1 amide bonds. The molecule has 7 heteroatoms. The van der Waals surface area contributed by atoms with E-state index in [9.17, 15) is 4.79 Å². The van der Waals surface area contributed by atoms with Crippen molar-refractivity contribution < 1.29 is 23.7 Å². The number of nitrogens with zero attached hydrogens (tertiary/aromatic N) is 1. The number of carbonyl (C=O) groups is 1. The lowest BCUT2D eigenvalue weighted by atomic mass is 10.2. The Morgan fingerprint density at radius 3 is 2.32 bits per heavy atom. The van der Waals surface area contributed by atoms with E-state index in [1.165, 1.54) is 0 Å². The molecule has 1 aliphatic rings. The van der Waals surface area contributed by atoms with Crippen LogP contribution in [0.5, 0.6) is 23.0 Å². The van der Waals surface area contributed by atoms with Crippen molar-refractivity contribution >= 4 is 11.6 Å². The Kier molecular flexibility index (Phi) is 6.60. The number of morpholine rings is 1. The van der Waals surface area contributed by atoms with Gasteiger partial charge in [0.2, 0.25) is 5.91 Å². The van der Waals surface area contributed by atoms with Crippen molar-refractivity contribution in [1.82, 2.24) is 4.90 Å². The molecule has 0 aromatic heterocycles. The van der Waals surface area contributed by atoms with Gasteiger partial charge in [-0.3, -0.25) is 4.79 Å². The third-order valence-corrected chi connectivity index (χ3v) is 4.53. The molecule has 0 bridgehead atoms. The summed E-state index contributed by atoms with van der Waals surface area (Å²) in [6.45, 7) is 4.27. The Balaban J connectivity index is 1.71. The van der Waals surface area contributed by atoms with Crippen LogP contribution in [0.15, 0.2) is 42.5 Å². The molecule has 1 N–H and O–H groups in total. The van der Waals surface area contributed by atoms with E-state index in [1.54, 1.807) is 14.2 Å². The zero-order chi connectivity index (χ0) is 19.9. The van der Waals surface area contributed by atoms with Crippen molar-refractivity contribution in [2.45, 2.75) is 13.0 Å². The maximum atomic E-state index is 12.6. The molecule has 2 aromatic rings. The average molecular weight is 386 g/mol. The van der Waals surface area contributed by atoms with Gasteiger partial charge in [0.25, 0.3) is 0 Å². The van der Waals surface area contributed by atoms with E-state index in [2.05, 4.69) is 5.32 Å². The van der Waals surface area contributed by atoms with E-state index in [1.807, 2.05) is 54.3 Å². The predicted octanol–water partition coefficient (Wildman–Crippen LogP) is 3.16. The Morgan fingerprint density at radius 2 is 1.68 bits per heavy atom. The summed E-state index contributed by atoms with van der Waals surface area (Å²) in [4.78, 5) is 14.4. The van der Waals surface area contributed by atoms with Gasteiger partial charge in [0.05, 0.1) is 27.4 Å². The average Bonchev–Trinajstić information content (AvgIpc) is 2.74. The number of hydrogen-bond acceptors (Lipinski definition) is 6. The Morgan fingerprint density at radius 1 is 1.00 bits per heavy atom. The molecule has 7 nitrogen and oxygen atoms in total. The first-order chi connectivity index (χ1) is 13.6. The highest BCUT2D eigenvalue weighted by atomic mass is 16.5. The van der Waals surface area contributed by atoms with Gasteiger partial charge in [0.15, 0.2) is 11.5 Å². The van der Waals surface area contributed by atoms with E-state index in [-0.39, 0.29) is 11.9 Å². The molecule has 1 heterocycles. The molecule has 0 radical (unpaired) electrons. The van der Waals surface area contributed by atoms with Crippen molar-refractivity contribution in [2.75, 3.05) is 45.8 Å². The Bertz CT molecular complexity index is 788. The van der Waals surface area contributed by atoms with Gasteiger partial charge in [-0.15, -0.1) is 0 Å². The molecule has 28 heavy (non-hydrogen) atoms. The third-order valence-electron chi connectivity index (χ3n) is 4.53. The molecular formula is C21H26N2O5. The van der Waals surface area contributed by atoms with Crippen LogP contribution in [0.3, 0.4) is 0 Å². The molecule has 3 rings (SSSR count). The first-order valence-corrected chi connectivity index (χ1v) is 9.23. The van der Waals surface area contributed by atoms with Crippen molar-refractivity contribution in [1.29, 1.82) is 0 Å². The number of benzene rings is 2. The van der Waals surface area contributed by atoms with Crippen LogP contribution in [0.25, 0.3) is 0 Å². The van der Waals surface area contributed by atoms with E-state index >= 15 is 0 Å². The second-order valence-corrected chi connectivity index (χ2v) is 6.45. The molecule has 150 valence electrons. The lowest BCUT2D eigenvalue weighted by Crippen LogP contribution is -2.46. The molecule has 1 aliphatic heterocycles. The summed E-state index contributed by atoms with van der Waals surface area (Å²) >= 11 is 0. The van der Waals surface area contributed by atoms with Crippen molar-refractivity contribution in [3.8, 4) is 23.0 Å². The normalized spacial score (nSPS) is 14.9. The van der Waals surface area contributed by atoms with Gasteiger partial charge in [0, 0.05) is 24.8 Å². The van der Waals surface area contributed by atoms with Gasteiger partial charge in [-0.1, -0.05) is 0 Å². The van der Waals surface area contributed by atoms with Crippen LogP contribution >= 0.6 is 0 Å². The first kappa shape index (κ1) is 19.8. The summed E-state index contributed by atoms with van der Waals surface area (Å²) in [5, 5.41) is 3.25. The SMILES string of the molecule is COc1ccc(Oc2cc(NC(C)C(=O)N3CCOCC3)ccc2OC)cc1. The van der Waals surface area contributed by atoms with Crippen LogP contribution in [-0.4, -0.2) is 57.4 Å². The van der Waals surface area contributed by atoms with Gasteiger partial charge < -0.3 is 29.2 Å². The molecule has 0 spiro atoms. The standard InChI is InChI=1S/C21H26N2O5/c1-15(21(24)23-10-12-27-13-11-23)22-16-4-9-19(26-3)20(14-16)28-18-7-5-17(25-2)6-8-18/h4-9,14-15,22H,10-13H2,1-3H3. The fourth-order valence-corrected chi connectivity index (χ4v) is 2.99. The topological polar surface area (TPSA) is 69.3 Å². The maximum Gasteiger partial charge on any atom is 0.244 e. The number of methoxy groups -OCH3 is 2. The fraction of sp³-hybridized carbons (Fsp3) is 0.381. The lowest BCUT2D eigenvalue weighted by molar-refractivity contribution is -0.135. The summed E-state index contributed by atoms with van der Waals surface area (Å²) in [5.74, 6) is 2.63. The lowest BCUT2D eigenvalue weighted by Gasteiger charge is -2.29. The maximum absolute atomic E-state index is 12.6. The van der Waals surface area contributed by atoms with E-state index < -0.39 is 0 Å². The Labute approximate surface area is 165 Å². The van der Waals surface area contributed by atoms with Crippen LogP contribution in [0.4, 0.5) is 5.69 Å². The summed E-state index contributed by atoms with van der Waals surface area (Å²) < 4.78 is 21.8. The van der Waals surface area contributed by atoms with Crippen LogP contribution in [0, 0.1) is 0 Å². The zero-order valence-corrected chi connectivity index (χ0v) is 16.4. The number of amides is 1. The molecular weight excluding hydrogens is 360 g/mol. The minimum absolute atomic E-state index is 0.0525. The molecule has 0 saturated carbocycles. The number of nitrogens with one attached hydrogen (secondary N) is 1. The minimum Gasteiger partial charge on any atom is -0.497 e. The van der Waals surface area contributed by atoms with Crippen molar-refractivity contribution in [3.63, 3.8) is 0 Å². The quantitative estimate of drug-likeness (QED) is 0.788. The van der Waals surface area contributed by atoms with E-state index in [4.69, 9.17) is 18.9 Å². The second-order valence-electron chi connectivity index (χ2n) is 6.45. The zero-order valence-electron chi connectivity index (χ0n) is 16.4. The first-order valence-electron chi connectivity index (χ1n) is 9.23. The van der Waals surface area contributed by atoms with Crippen molar-refractivity contribution in [2.24, 2.45) is 0 Å². The summed E-state index contributed by atoms with van der Waals surface area (Å²) in [5.41, 5.74) is 0.776. The monoisotopic (exact) mass is 386 g/mol. The summed E-state index contributed by atoms with van der Waals surface area (Å²) in [6.07, 6.45) is 0.